The van der Waals surface area contributed by atoms with Gasteiger partial charge in [0.1, 0.15) is 6.04 Å². The molecule has 106 valence electrons. The third kappa shape index (κ3) is 2.20. The van der Waals surface area contributed by atoms with Crippen LogP contribution < -0.4 is 14.9 Å². The Morgan fingerprint density at radius 3 is 2.40 bits per heavy atom. The number of carboxylic acids is 1. The van der Waals surface area contributed by atoms with Crippen LogP contribution in [0, 0.1) is 0 Å². The summed E-state index contributed by atoms with van der Waals surface area (Å²) < 4.78 is 11.9. The van der Waals surface area contributed by atoms with Gasteiger partial charge in [-0.05, 0) is 13.0 Å². The van der Waals surface area contributed by atoms with Gasteiger partial charge < -0.3 is 19.1 Å². The molecule has 1 N–H and O–H groups in total. The average molecular weight is 277 g/mol. The number of pyridine rings is 1. The highest BCUT2D eigenvalue weighted by molar-refractivity contribution is 5.85. The second-order valence-corrected chi connectivity index (χ2v) is 4.33. The number of rotatable bonds is 4. The van der Waals surface area contributed by atoms with Gasteiger partial charge in [-0.3, -0.25) is 4.79 Å². The van der Waals surface area contributed by atoms with E-state index in [9.17, 15) is 9.59 Å². The lowest BCUT2D eigenvalue weighted by Crippen LogP contribution is -2.18. The molecular formula is C14H15NO5. The molecule has 0 aliphatic carbocycles. The molecule has 1 atom stereocenters. The predicted octanol–water partition coefficient (Wildman–Crippen LogP) is 1.66. The summed E-state index contributed by atoms with van der Waals surface area (Å²) in [6, 6.07) is 3.71. The number of aliphatic carboxylic acids is 1. The smallest absolute Gasteiger partial charge is 0.326 e. The minimum absolute atomic E-state index is 0.199. The zero-order valence-electron chi connectivity index (χ0n) is 11.4. The molecule has 6 nitrogen and oxygen atoms in total. The van der Waals surface area contributed by atoms with Gasteiger partial charge in [-0.1, -0.05) is 0 Å². The molecule has 0 saturated heterocycles. The van der Waals surface area contributed by atoms with E-state index < -0.39 is 12.0 Å². The van der Waals surface area contributed by atoms with Crippen molar-refractivity contribution in [3.05, 3.63) is 34.6 Å². The van der Waals surface area contributed by atoms with Crippen molar-refractivity contribution in [2.45, 2.75) is 13.0 Å². The molecule has 0 amide bonds. The molecule has 1 heterocycles. The number of fused-ring (bicyclic) bond motifs is 1. The van der Waals surface area contributed by atoms with Gasteiger partial charge >= 0.3 is 5.97 Å². The quantitative estimate of drug-likeness (QED) is 0.919. The average Bonchev–Trinajstić information content (AvgIpc) is 2.45. The standard InChI is InChI=1S/C14H15NO5/c1-8(14(17)18)15-5-4-11(16)9-6-12(19-2)13(20-3)7-10(9)15/h4-8H,1-3H3,(H,17,18). The van der Waals surface area contributed by atoms with E-state index in [-0.39, 0.29) is 5.43 Å². The van der Waals surface area contributed by atoms with Crippen molar-refractivity contribution < 1.29 is 19.4 Å². The van der Waals surface area contributed by atoms with Gasteiger partial charge in [-0.15, -0.1) is 0 Å². The normalized spacial score (nSPS) is 12.2. The number of carboxylic acid groups (broad SMARTS) is 1. The summed E-state index contributed by atoms with van der Waals surface area (Å²) in [7, 11) is 2.96. The molecule has 6 heteroatoms. The van der Waals surface area contributed by atoms with Crippen LogP contribution in [0.3, 0.4) is 0 Å². The minimum Gasteiger partial charge on any atom is -0.493 e. The number of carbonyl (C=O) groups is 1. The summed E-state index contributed by atoms with van der Waals surface area (Å²) >= 11 is 0. The monoisotopic (exact) mass is 277 g/mol. The Morgan fingerprint density at radius 2 is 1.85 bits per heavy atom. The summed E-state index contributed by atoms with van der Waals surface area (Å²) in [5.74, 6) is -0.112. The first kappa shape index (κ1) is 13.9. The molecule has 0 spiro atoms. The Hall–Kier alpha value is -2.50. The summed E-state index contributed by atoms with van der Waals surface area (Å²) in [4.78, 5) is 23.1. The Bertz CT molecular complexity index is 719. The summed E-state index contributed by atoms with van der Waals surface area (Å²) in [6.07, 6.45) is 1.47. The van der Waals surface area contributed by atoms with Crippen LogP contribution in [0.25, 0.3) is 10.9 Å². The first-order valence-corrected chi connectivity index (χ1v) is 5.99. The Kier molecular flexibility index (Phi) is 3.65. The number of methoxy groups -OCH3 is 2. The zero-order valence-corrected chi connectivity index (χ0v) is 11.4. The molecule has 0 bridgehead atoms. The fourth-order valence-corrected chi connectivity index (χ4v) is 2.05. The molecule has 0 saturated carbocycles. The molecule has 2 aromatic rings. The van der Waals surface area contributed by atoms with Crippen molar-refractivity contribution in [1.29, 1.82) is 0 Å². The Morgan fingerprint density at radius 1 is 1.25 bits per heavy atom. The van der Waals surface area contributed by atoms with Crippen LogP contribution in [-0.4, -0.2) is 29.9 Å². The van der Waals surface area contributed by atoms with Crippen molar-refractivity contribution >= 4 is 16.9 Å². The van der Waals surface area contributed by atoms with E-state index in [1.54, 1.807) is 19.1 Å². The van der Waals surface area contributed by atoms with E-state index in [0.29, 0.717) is 22.4 Å². The van der Waals surface area contributed by atoms with Gasteiger partial charge in [-0.25, -0.2) is 4.79 Å². The molecule has 1 unspecified atom stereocenters. The van der Waals surface area contributed by atoms with Gasteiger partial charge in [-0.2, -0.15) is 0 Å². The largest absolute Gasteiger partial charge is 0.493 e. The summed E-state index contributed by atoms with van der Waals surface area (Å²) in [5, 5.41) is 9.52. The second-order valence-electron chi connectivity index (χ2n) is 4.33. The van der Waals surface area contributed by atoms with Crippen LogP contribution in [0.15, 0.2) is 29.2 Å². The number of benzene rings is 1. The minimum atomic E-state index is -0.982. The van der Waals surface area contributed by atoms with Crippen LogP contribution in [0.1, 0.15) is 13.0 Å². The second kappa shape index (κ2) is 5.24. The predicted molar refractivity (Wildman–Crippen MR) is 73.7 cm³/mol. The molecule has 0 aliphatic heterocycles. The maximum atomic E-state index is 11.9. The fraction of sp³-hybridized carbons (Fsp3) is 0.286. The van der Waals surface area contributed by atoms with E-state index in [0.717, 1.165) is 0 Å². The lowest BCUT2D eigenvalue weighted by molar-refractivity contribution is -0.140. The van der Waals surface area contributed by atoms with E-state index in [4.69, 9.17) is 14.6 Å². The van der Waals surface area contributed by atoms with Crippen molar-refractivity contribution in [2.24, 2.45) is 0 Å². The van der Waals surface area contributed by atoms with Gasteiger partial charge in [0.25, 0.3) is 0 Å². The number of hydrogen-bond donors (Lipinski definition) is 1. The molecule has 20 heavy (non-hydrogen) atoms. The van der Waals surface area contributed by atoms with Crippen LogP contribution in [0.2, 0.25) is 0 Å². The molecule has 2 rings (SSSR count). The van der Waals surface area contributed by atoms with E-state index in [1.807, 2.05) is 0 Å². The molecule has 1 aromatic heterocycles. The third-order valence-corrected chi connectivity index (χ3v) is 3.21. The van der Waals surface area contributed by atoms with Gasteiger partial charge in [0, 0.05) is 23.7 Å². The van der Waals surface area contributed by atoms with Crippen LogP contribution in [0.4, 0.5) is 0 Å². The highest BCUT2D eigenvalue weighted by Gasteiger charge is 2.17. The molecule has 0 radical (unpaired) electrons. The maximum absolute atomic E-state index is 11.9. The van der Waals surface area contributed by atoms with E-state index >= 15 is 0 Å². The first-order chi connectivity index (χ1) is 9.49. The first-order valence-electron chi connectivity index (χ1n) is 5.99. The van der Waals surface area contributed by atoms with Gasteiger partial charge in [0.15, 0.2) is 16.9 Å². The molecule has 1 aromatic carbocycles. The maximum Gasteiger partial charge on any atom is 0.326 e. The van der Waals surface area contributed by atoms with Crippen LogP contribution in [0.5, 0.6) is 11.5 Å². The lowest BCUT2D eigenvalue weighted by Gasteiger charge is -2.16. The van der Waals surface area contributed by atoms with E-state index in [1.165, 1.54) is 31.0 Å². The highest BCUT2D eigenvalue weighted by atomic mass is 16.5. The Balaban J connectivity index is 2.83. The lowest BCUT2D eigenvalue weighted by atomic mass is 10.1. The number of hydrogen-bond acceptors (Lipinski definition) is 4. The third-order valence-electron chi connectivity index (χ3n) is 3.21. The van der Waals surface area contributed by atoms with Gasteiger partial charge in [0.2, 0.25) is 0 Å². The number of nitrogens with zero attached hydrogens (tertiary/aromatic N) is 1. The van der Waals surface area contributed by atoms with Crippen molar-refractivity contribution in [3.63, 3.8) is 0 Å². The SMILES string of the molecule is COc1cc2c(=O)ccn(C(C)C(=O)O)c2cc1OC. The van der Waals surface area contributed by atoms with E-state index in [2.05, 4.69) is 0 Å². The van der Waals surface area contributed by atoms with Crippen LogP contribution >= 0.6 is 0 Å². The summed E-state index contributed by atoms with van der Waals surface area (Å²) in [6.45, 7) is 1.54. The zero-order chi connectivity index (χ0) is 14.9. The Labute approximate surface area is 115 Å². The topological polar surface area (TPSA) is 77.8 Å². The van der Waals surface area contributed by atoms with Crippen molar-refractivity contribution in [1.82, 2.24) is 4.57 Å². The van der Waals surface area contributed by atoms with Crippen molar-refractivity contribution in [2.75, 3.05) is 14.2 Å². The molecule has 0 aliphatic rings. The number of aromatic nitrogens is 1. The molecule has 0 fully saturated rings. The highest BCUT2D eigenvalue weighted by Crippen LogP contribution is 2.31. The van der Waals surface area contributed by atoms with Gasteiger partial charge in [0.05, 0.1) is 19.7 Å². The summed E-state index contributed by atoms with van der Waals surface area (Å²) in [5.41, 5.74) is 0.292. The van der Waals surface area contributed by atoms with Crippen molar-refractivity contribution in [3.8, 4) is 11.5 Å². The number of ether oxygens (including phenoxy) is 2. The fourth-order valence-electron chi connectivity index (χ4n) is 2.05. The molecular weight excluding hydrogens is 262 g/mol. The van der Waals surface area contributed by atoms with Crippen LogP contribution in [-0.2, 0) is 4.79 Å².